The second kappa shape index (κ2) is 9.43. The van der Waals surface area contributed by atoms with Crippen LogP contribution in [0, 0.1) is 5.92 Å². The molecule has 0 aromatic carbocycles. The molecule has 0 bridgehead atoms. The molecule has 16 heavy (non-hydrogen) atoms. The van der Waals surface area contributed by atoms with Crippen LogP contribution in [0.3, 0.4) is 0 Å². The molecule has 0 aromatic rings. The molecule has 0 aliphatic carbocycles. The Bertz CT molecular complexity index is 158. The highest BCUT2D eigenvalue weighted by atomic mass is 79.9. The summed E-state index contributed by atoms with van der Waals surface area (Å²) in [7, 11) is 0. The first-order valence-electron chi connectivity index (χ1n) is 6.66. The topological polar surface area (TPSA) is 18.5 Å². The fourth-order valence-electron chi connectivity index (χ4n) is 2.13. The van der Waals surface area contributed by atoms with E-state index in [4.69, 9.17) is 9.47 Å². The molecular formula is C13H25BrO2. The van der Waals surface area contributed by atoms with E-state index >= 15 is 0 Å². The fourth-order valence-corrected chi connectivity index (χ4v) is 2.45. The second-order valence-corrected chi connectivity index (χ2v) is 5.35. The summed E-state index contributed by atoms with van der Waals surface area (Å²) in [5.74, 6) is 0.821. The van der Waals surface area contributed by atoms with Crippen molar-refractivity contribution in [2.75, 3.05) is 18.5 Å². The van der Waals surface area contributed by atoms with Gasteiger partial charge < -0.3 is 9.47 Å². The average molecular weight is 293 g/mol. The van der Waals surface area contributed by atoms with Gasteiger partial charge in [0.25, 0.3) is 0 Å². The summed E-state index contributed by atoms with van der Waals surface area (Å²) in [5.41, 5.74) is 0. The average Bonchev–Trinajstić information content (AvgIpc) is 2.35. The maximum absolute atomic E-state index is 5.76. The summed E-state index contributed by atoms with van der Waals surface area (Å²) in [5, 5.41) is 1.12. The lowest BCUT2D eigenvalue weighted by Crippen LogP contribution is -2.23. The first-order chi connectivity index (χ1) is 7.86. The van der Waals surface area contributed by atoms with Crippen LogP contribution < -0.4 is 0 Å². The molecule has 0 N–H and O–H groups in total. The Balaban J connectivity index is 2.02. The van der Waals surface area contributed by atoms with Gasteiger partial charge in [0.05, 0.1) is 0 Å². The minimum atomic E-state index is 0.0856. The van der Waals surface area contributed by atoms with Crippen molar-refractivity contribution in [3.63, 3.8) is 0 Å². The van der Waals surface area contributed by atoms with Gasteiger partial charge in [-0.2, -0.15) is 0 Å². The Kier molecular flexibility index (Phi) is 8.52. The first-order valence-corrected chi connectivity index (χ1v) is 7.78. The van der Waals surface area contributed by atoms with E-state index in [1.54, 1.807) is 0 Å². The minimum absolute atomic E-state index is 0.0856. The van der Waals surface area contributed by atoms with E-state index in [0.717, 1.165) is 30.9 Å². The van der Waals surface area contributed by atoms with Crippen molar-refractivity contribution in [2.45, 2.75) is 58.2 Å². The highest BCUT2D eigenvalue weighted by Crippen LogP contribution is 2.18. The summed E-state index contributed by atoms with van der Waals surface area (Å²) in [6.07, 6.45) is 8.66. The Morgan fingerprint density at radius 3 is 2.88 bits per heavy atom. The van der Waals surface area contributed by atoms with E-state index in [1.165, 1.54) is 38.5 Å². The normalized spacial score (nSPS) is 23.2. The first kappa shape index (κ1) is 14.5. The molecule has 0 saturated carbocycles. The van der Waals surface area contributed by atoms with Gasteiger partial charge >= 0.3 is 0 Å². The van der Waals surface area contributed by atoms with Crippen molar-refractivity contribution in [2.24, 2.45) is 5.92 Å². The number of halogens is 1. The van der Waals surface area contributed by atoms with Gasteiger partial charge in [0.1, 0.15) is 0 Å². The maximum Gasteiger partial charge on any atom is 0.157 e. The second-order valence-electron chi connectivity index (χ2n) is 4.56. The van der Waals surface area contributed by atoms with Gasteiger partial charge in [-0.1, -0.05) is 29.3 Å². The number of ether oxygens (including phenoxy) is 2. The fraction of sp³-hybridized carbons (Fsp3) is 1.00. The van der Waals surface area contributed by atoms with Gasteiger partial charge in [-0.3, -0.25) is 0 Å². The lowest BCUT2D eigenvalue weighted by atomic mass is 9.98. The third-order valence-corrected chi connectivity index (χ3v) is 3.85. The molecule has 0 radical (unpaired) electrons. The third kappa shape index (κ3) is 6.21. The quantitative estimate of drug-likeness (QED) is 0.627. The predicted octanol–water partition coefficient (Wildman–Crippen LogP) is 4.12. The van der Waals surface area contributed by atoms with E-state index in [9.17, 15) is 0 Å². The van der Waals surface area contributed by atoms with Crippen LogP contribution >= 0.6 is 15.9 Å². The number of hydrogen-bond donors (Lipinski definition) is 0. The van der Waals surface area contributed by atoms with Crippen LogP contribution in [-0.2, 0) is 9.47 Å². The molecule has 1 aliphatic rings. The molecule has 1 rings (SSSR count). The molecule has 1 saturated heterocycles. The largest absolute Gasteiger partial charge is 0.353 e. The molecule has 0 amide bonds. The molecule has 1 fully saturated rings. The molecule has 1 aliphatic heterocycles. The van der Waals surface area contributed by atoms with Crippen molar-refractivity contribution in [3.05, 3.63) is 0 Å². The highest BCUT2D eigenvalue weighted by Gasteiger charge is 2.14. The minimum Gasteiger partial charge on any atom is -0.353 e. The van der Waals surface area contributed by atoms with Gasteiger partial charge in [-0.15, -0.1) is 0 Å². The van der Waals surface area contributed by atoms with Crippen LogP contribution in [0.4, 0.5) is 0 Å². The summed E-state index contributed by atoms with van der Waals surface area (Å²) >= 11 is 3.49. The van der Waals surface area contributed by atoms with E-state index < -0.39 is 0 Å². The Morgan fingerprint density at radius 2 is 2.25 bits per heavy atom. The van der Waals surface area contributed by atoms with Crippen LogP contribution in [0.25, 0.3) is 0 Å². The Hall–Kier alpha value is 0.400. The molecule has 2 unspecified atom stereocenters. The van der Waals surface area contributed by atoms with Crippen molar-refractivity contribution in [1.29, 1.82) is 0 Å². The zero-order valence-corrected chi connectivity index (χ0v) is 12.0. The molecule has 0 spiro atoms. The molecule has 2 nitrogen and oxygen atoms in total. The van der Waals surface area contributed by atoms with Crippen molar-refractivity contribution >= 4 is 15.9 Å². The monoisotopic (exact) mass is 292 g/mol. The molecular weight excluding hydrogens is 268 g/mol. The summed E-state index contributed by atoms with van der Waals surface area (Å²) in [6.45, 7) is 4.02. The lowest BCUT2D eigenvalue weighted by molar-refractivity contribution is -0.164. The van der Waals surface area contributed by atoms with E-state index in [2.05, 4.69) is 22.9 Å². The van der Waals surface area contributed by atoms with Gasteiger partial charge in [0.2, 0.25) is 0 Å². The third-order valence-electron chi connectivity index (χ3n) is 3.29. The summed E-state index contributed by atoms with van der Waals surface area (Å²) < 4.78 is 11.3. The highest BCUT2D eigenvalue weighted by molar-refractivity contribution is 9.09. The van der Waals surface area contributed by atoms with Crippen LogP contribution in [0.1, 0.15) is 51.9 Å². The SMILES string of the molecule is CCC(CCCBr)CCOC1CCCCO1. The Labute approximate surface area is 108 Å². The molecule has 0 aromatic heterocycles. The number of hydrogen-bond acceptors (Lipinski definition) is 2. The van der Waals surface area contributed by atoms with Gasteiger partial charge in [-0.25, -0.2) is 0 Å². The van der Waals surface area contributed by atoms with Gasteiger partial charge in [0, 0.05) is 18.5 Å². The van der Waals surface area contributed by atoms with Crippen LogP contribution in [-0.4, -0.2) is 24.8 Å². The van der Waals surface area contributed by atoms with Crippen LogP contribution in [0.2, 0.25) is 0 Å². The van der Waals surface area contributed by atoms with E-state index in [0.29, 0.717) is 0 Å². The van der Waals surface area contributed by atoms with Crippen molar-refractivity contribution in [1.82, 2.24) is 0 Å². The summed E-state index contributed by atoms with van der Waals surface area (Å²) in [4.78, 5) is 0. The van der Waals surface area contributed by atoms with Gasteiger partial charge in [0.15, 0.2) is 6.29 Å². The lowest BCUT2D eigenvalue weighted by Gasteiger charge is -2.23. The predicted molar refractivity (Wildman–Crippen MR) is 71.0 cm³/mol. The smallest absolute Gasteiger partial charge is 0.157 e. The summed E-state index contributed by atoms with van der Waals surface area (Å²) in [6, 6.07) is 0. The van der Waals surface area contributed by atoms with Crippen molar-refractivity contribution in [3.8, 4) is 0 Å². The number of alkyl halides is 1. The molecule has 1 heterocycles. The Morgan fingerprint density at radius 1 is 1.38 bits per heavy atom. The molecule has 3 heteroatoms. The number of rotatable bonds is 8. The molecule has 96 valence electrons. The zero-order valence-electron chi connectivity index (χ0n) is 10.4. The van der Waals surface area contributed by atoms with Crippen LogP contribution in [0.5, 0.6) is 0 Å². The van der Waals surface area contributed by atoms with E-state index in [1.807, 2.05) is 0 Å². The van der Waals surface area contributed by atoms with E-state index in [-0.39, 0.29) is 6.29 Å². The van der Waals surface area contributed by atoms with Crippen LogP contribution in [0.15, 0.2) is 0 Å². The standard InChI is InChI=1S/C13H25BrO2/c1-2-12(6-5-9-14)8-11-16-13-7-3-4-10-15-13/h12-13H,2-11H2,1H3. The zero-order chi connectivity index (χ0) is 11.6. The van der Waals surface area contributed by atoms with Crippen molar-refractivity contribution < 1.29 is 9.47 Å². The maximum atomic E-state index is 5.76. The molecule has 2 atom stereocenters. The van der Waals surface area contributed by atoms with Gasteiger partial charge in [-0.05, 0) is 44.4 Å².